The van der Waals surface area contributed by atoms with Gasteiger partial charge in [-0.25, -0.2) is 13.1 Å². The van der Waals surface area contributed by atoms with Crippen LogP contribution in [-0.4, -0.2) is 28.1 Å². The molecule has 0 fully saturated rings. The van der Waals surface area contributed by atoms with Crippen molar-refractivity contribution >= 4 is 10.0 Å². The van der Waals surface area contributed by atoms with E-state index in [2.05, 4.69) is 10.0 Å². The highest BCUT2D eigenvalue weighted by Gasteiger charge is 2.16. The van der Waals surface area contributed by atoms with E-state index in [9.17, 15) is 8.42 Å². The maximum atomic E-state index is 11.9. The minimum absolute atomic E-state index is 0.128. The summed E-state index contributed by atoms with van der Waals surface area (Å²) in [5.41, 5.74) is 1.04. The van der Waals surface area contributed by atoms with Gasteiger partial charge in [-0.3, -0.25) is 0 Å². The fourth-order valence-corrected chi connectivity index (χ4v) is 2.64. The molecule has 0 aliphatic carbocycles. The molecular formula is C11H18N2O2S. The Hall–Kier alpha value is -0.910. The smallest absolute Gasteiger partial charge is 0.240 e. The molecule has 0 heterocycles. The first-order valence-electron chi connectivity index (χ1n) is 5.19. The van der Waals surface area contributed by atoms with Crippen molar-refractivity contribution in [2.45, 2.75) is 24.8 Å². The fourth-order valence-electron chi connectivity index (χ4n) is 1.40. The number of nitrogens with one attached hydrogen (secondary N) is 2. The summed E-state index contributed by atoms with van der Waals surface area (Å²) in [5.74, 6) is 0. The van der Waals surface area contributed by atoms with Gasteiger partial charge in [0.25, 0.3) is 0 Å². The molecule has 2 N–H and O–H groups in total. The third kappa shape index (κ3) is 3.59. The summed E-state index contributed by atoms with van der Waals surface area (Å²) in [5, 5.41) is 2.92. The summed E-state index contributed by atoms with van der Waals surface area (Å²) < 4.78 is 26.4. The topological polar surface area (TPSA) is 58.2 Å². The number of hydrogen-bond acceptors (Lipinski definition) is 3. The number of benzene rings is 1. The Labute approximate surface area is 97.1 Å². The Morgan fingerprint density at radius 3 is 2.31 bits per heavy atom. The zero-order valence-corrected chi connectivity index (χ0v) is 10.6. The summed E-state index contributed by atoms with van der Waals surface area (Å²) >= 11 is 0. The molecule has 16 heavy (non-hydrogen) atoms. The monoisotopic (exact) mass is 242 g/mol. The molecule has 0 amide bonds. The van der Waals surface area contributed by atoms with Gasteiger partial charge in [0.2, 0.25) is 10.0 Å². The molecule has 0 spiro atoms. The molecule has 1 aromatic rings. The molecule has 0 saturated carbocycles. The third-order valence-corrected chi connectivity index (χ3v) is 3.80. The van der Waals surface area contributed by atoms with Gasteiger partial charge in [-0.05, 0) is 33.0 Å². The molecule has 0 aromatic heterocycles. The van der Waals surface area contributed by atoms with Crippen LogP contribution in [0.15, 0.2) is 29.2 Å². The lowest BCUT2D eigenvalue weighted by molar-refractivity contribution is 0.550. The zero-order chi connectivity index (χ0) is 12.2. The summed E-state index contributed by atoms with van der Waals surface area (Å²) in [4.78, 5) is 0.307. The van der Waals surface area contributed by atoms with E-state index >= 15 is 0 Å². The average Bonchev–Trinajstić information content (AvgIpc) is 2.17. The SMILES string of the molecule is CNCC(C)NS(=O)(=O)c1ccc(C)cc1. The molecule has 1 unspecified atom stereocenters. The minimum Gasteiger partial charge on any atom is -0.318 e. The highest BCUT2D eigenvalue weighted by atomic mass is 32.2. The Morgan fingerprint density at radius 2 is 1.81 bits per heavy atom. The lowest BCUT2D eigenvalue weighted by Crippen LogP contribution is -2.38. The largest absolute Gasteiger partial charge is 0.318 e. The van der Waals surface area contributed by atoms with E-state index in [1.54, 1.807) is 31.3 Å². The van der Waals surface area contributed by atoms with Crippen molar-refractivity contribution in [3.8, 4) is 0 Å². The fraction of sp³-hybridized carbons (Fsp3) is 0.455. The predicted molar refractivity (Wildman–Crippen MR) is 64.9 cm³/mol. The molecule has 1 rings (SSSR count). The van der Waals surface area contributed by atoms with Gasteiger partial charge in [0.1, 0.15) is 0 Å². The zero-order valence-electron chi connectivity index (χ0n) is 9.82. The van der Waals surface area contributed by atoms with Gasteiger partial charge in [-0.15, -0.1) is 0 Å². The summed E-state index contributed by atoms with van der Waals surface area (Å²) in [7, 11) is -1.60. The van der Waals surface area contributed by atoms with Crippen LogP contribution < -0.4 is 10.0 Å². The number of sulfonamides is 1. The minimum atomic E-state index is -3.39. The molecule has 0 aliphatic rings. The second-order valence-electron chi connectivity index (χ2n) is 3.89. The Bertz CT molecular complexity index is 426. The standard InChI is InChI=1S/C11H18N2O2S/c1-9-4-6-11(7-5-9)16(14,15)13-10(2)8-12-3/h4-7,10,12-13H,8H2,1-3H3. The molecule has 1 aromatic carbocycles. The third-order valence-electron chi connectivity index (χ3n) is 2.20. The number of hydrogen-bond donors (Lipinski definition) is 2. The Balaban J connectivity index is 2.82. The maximum Gasteiger partial charge on any atom is 0.240 e. The number of likely N-dealkylation sites (N-methyl/N-ethyl adjacent to an activating group) is 1. The summed E-state index contributed by atoms with van der Waals surface area (Å²) in [6, 6.07) is 6.68. The molecule has 0 aliphatic heterocycles. The molecular weight excluding hydrogens is 224 g/mol. The average molecular weight is 242 g/mol. The van der Waals surface area contributed by atoms with Crippen molar-refractivity contribution < 1.29 is 8.42 Å². The molecule has 0 saturated heterocycles. The van der Waals surface area contributed by atoms with Gasteiger partial charge < -0.3 is 5.32 Å². The molecule has 1 atom stereocenters. The van der Waals surface area contributed by atoms with Gasteiger partial charge in [-0.2, -0.15) is 0 Å². The van der Waals surface area contributed by atoms with E-state index in [1.165, 1.54) is 0 Å². The van der Waals surface area contributed by atoms with Crippen LogP contribution in [-0.2, 0) is 10.0 Å². The number of aryl methyl sites for hydroxylation is 1. The van der Waals surface area contributed by atoms with Crippen LogP contribution in [0.3, 0.4) is 0 Å². The first-order valence-corrected chi connectivity index (χ1v) is 6.67. The summed E-state index contributed by atoms with van der Waals surface area (Å²) in [6.07, 6.45) is 0. The van der Waals surface area contributed by atoms with Crippen molar-refractivity contribution in [3.63, 3.8) is 0 Å². The van der Waals surface area contributed by atoms with Crippen molar-refractivity contribution in [1.82, 2.24) is 10.0 Å². The van der Waals surface area contributed by atoms with E-state index in [-0.39, 0.29) is 6.04 Å². The highest BCUT2D eigenvalue weighted by Crippen LogP contribution is 2.10. The van der Waals surface area contributed by atoms with Crippen LogP contribution in [0.4, 0.5) is 0 Å². The van der Waals surface area contributed by atoms with Gasteiger partial charge in [0.05, 0.1) is 4.90 Å². The van der Waals surface area contributed by atoms with Crippen LogP contribution in [0.1, 0.15) is 12.5 Å². The van der Waals surface area contributed by atoms with E-state index in [0.29, 0.717) is 11.4 Å². The molecule has 90 valence electrons. The van der Waals surface area contributed by atoms with Crippen LogP contribution in [0, 0.1) is 6.92 Å². The Morgan fingerprint density at radius 1 is 1.25 bits per heavy atom. The van der Waals surface area contributed by atoms with Crippen LogP contribution >= 0.6 is 0 Å². The molecule has 5 heteroatoms. The van der Waals surface area contributed by atoms with Crippen molar-refractivity contribution in [1.29, 1.82) is 0 Å². The van der Waals surface area contributed by atoms with Crippen LogP contribution in [0.5, 0.6) is 0 Å². The first-order chi connectivity index (χ1) is 7.45. The normalized spacial score (nSPS) is 13.7. The molecule has 0 bridgehead atoms. The van der Waals surface area contributed by atoms with Gasteiger partial charge in [0.15, 0.2) is 0 Å². The quantitative estimate of drug-likeness (QED) is 0.806. The van der Waals surface area contributed by atoms with Crippen molar-refractivity contribution in [3.05, 3.63) is 29.8 Å². The number of rotatable bonds is 5. The highest BCUT2D eigenvalue weighted by molar-refractivity contribution is 7.89. The van der Waals surface area contributed by atoms with Crippen molar-refractivity contribution in [2.24, 2.45) is 0 Å². The lowest BCUT2D eigenvalue weighted by atomic mass is 10.2. The first kappa shape index (κ1) is 13.2. The van der Waals surface area contributed by atoms with Gasteiger partial charge in [0, 0.05) is 12.6 Å². The van der Waals surface area contributed by atoms with Crippen molar-refractivity contribution in [2.75, 3.05) is 13.6 Å². The second-order valence-corrected chi connectivity index (χ2v) is 5.61. The van der Waals surface area contributed by atoms with Crippen LogP contribution in [0.25, 0.3) is 0 Å². The molecule has 4 nitrogen and oxygen atoms in total. The van der Waals surface area contributed by atoms with Gasteiger partial charge in [-0.1, -0.05) is 17.7 Å². The summed E-state index contributed by atoms with van der Waals surface area (Å²) in [6.45, 7) is 4.35. The van der Waals surface area contributed by atoms with E-state index in [1.807, 2.05) is 13.8 Å². The Kier molecular flexibility index (Phi) is 4.46. The molecule has 0 radical (unpaired) electrons. The maximum absolute atomic E-state index is 11.9. The van der Waals surface area contributed by atoms with E-state index < -0.39 is 10.0 Å². The van der Waals surface area contributed by atoms with Crippen LogP contribution in [0.2, 0.25) is 0 Å². The second kappa shape index (κ2) is 5.43. The van der Waals surface area contributed by atoms with Gasteiger partial charge >= 0.3 is 0 Å². The predicted octanol–water partition coefficient (Wildman–Crippen LogP) is 0.881. The lowest BCUT2D eigenvalue weighted by Gasteiger charge is -2.13. The van der Waals surface area contributed by atoms with E-state index in [4.69, 9.17) is 0 Å². The van der Waals surface area contributed by atoms with E-state index in [0.717, 1.165) is 5.56 Å².